The molecule has 1 nitrogen and oxygen atoms in total. The Morgan fingerprint density at radius 2 is 1.83 bits per heavy atom. The molecular formula is C28H46O. The van der Waals surface area contributed by atoms with Crippen molar-refractivity contribution in [1.29, 1.82) is 0 Å². The van der Waals surface area contributed by atoms with Crippen molar-refractivity contribution in [2.24, 2.45) is 40.4 Å². The summed E-state index contributed by atoms with van der Waals surface area (Å²) >= 11 is 0. The van der Waals surface area contributed by atoms with Gasteiger partial charge in [0.15, 0.2) is 0 Å². The standard InChI is InChI=1S/C28H46O/c1-18(2)19(3)7-8-20(4)24-11-12-25-23-10-9-21-17-22(29)13-15-27(21,5)26(23)14-16-28(24,25)6/h9,20,22-26,29H,7-8,10-17H2,1-6H3/t20?,22-,23?,24?,25?,26?,27?,28?/m0/s1. The first-order valence-corrected chi connectivity index (χ1v) is 12.7. The van der Waals surface area contributed by atoms with E-state index in [1.54, 1.807) is 11.1 Å². The first kappa shape index (κ1) is 21.7. The van der Waals surface area contributed by atoms with Crippen LogP contribution < -0.4 is 0 Å². The molecule has 4 aliphatic rings. The quantitative estimate of drug-likeness (QED) is 0.481. The van der Waals surface area contributed by atoms with Gasteiger partial charge in [-0.15, -0.1) is 0 Å². The summed E-state index contributed by atoms with van der Waals surface area (Å²) in [6.45, 7) is 14.7. The predicted molar refractivity (Wildman–Crippen MR) is 124 cm³/mol. The van der Waals surface area contributed by atoms with Crippen molar-refractivity contribution in [3.63, 3.8) is 0 Å². The van der Waals surface area contributed by atoms with Crippen molar-refractivity contribution >= 4 is 0 Å². The lowest BCUT2D eigenvalue weighted by Gasteiger charge is -2.58. The molecule has 0 spiro atoms. The molecule has 0 radical (unpaired) electrons. The summed E-state index contributed by atoms with van der Waals surface area (Å²) in [6.07, 6.45) is 15.4. The third kappa shape index (κ3) is 3.58. The molecule has 4 aliphatic carbocycles. The molecule has 4 rings (SSSR count). The van der Waals surface area contributed by atoms with E-state index >= 15 is 0 Å². The van der Waals surface area contributed by atoms with E-state index < -0.39 is 0 Å². The summed E-state index contributed by atoms with van der Waals surface area (Å²) in [5.74, 6) is 4.47. The maximum absolute atomic E-state index is 10.2. The molecule has 0 heterocycles. The second kappa shape index (κ2) is 7.85. The molecule has 1 N–H and O–H groups in total. The zero-order valence-corrected chi connectivity index (χ0v) is 20.1. The Morgan fingerprint density at radius 3 is 2.55 bits per heavy atom. The van der Waals surface area contributed by atoms with Crippen LogP contribution in [0, 0.1) is 40.4 Å². The van der Waals surface area contributed by atoms with Gasteiger partial charge >= 0.3 is 0 Å². The smallest absolute Gasteiger partial charge is 0.0577 e. The number of allylic oxidation sites excluding steroid dienone is 3. The van der Waals surface area contributed by atoms with E-state index in [4.69, 9.17) is 0 Å². The van der Waals surface area contributed by atoms with Crippen molar-refractivity contribution in [2.75, 3.05) is 0 Å². The highest BCUT2D eigenvalue weighted by Crippen LogP contribution is 2.67. The Labute approximate surface area is 180 Å². The Hall–Kier alpha value is -0.560. The molecule has 0 aromatic heterocycles. The van der Waals surface area contributed by atoms with Crippen LogP contribution in [-0.2, 0) is 0 Å². The first-order valence-electron chi connectivity index (χ1n) is 12.7. The van der Waals surface area contributed by atoms with Crippen LogP contribution in [0.5, 0.6) is 0 Å². The first-order chi connectivity index (χ1) is 13.7. The number of hydrogen-bond donors (Lipinski definition) is 1. The van der Waals surface area contributed by atoms with E-state index in [0.717, 1.165) is 42.4 Å². The largest absolute Gasteiger partial charge is 0.393 e. The lowest BCUT2D eigenvalue weighted by atomic mass is 9.47. The fourth-order valence-corrected chi connectivity index (χ4v) is 8.51. The van der Waals surface area contributed by atoms with Crippen molar-refractivity contribution < 1.29 is 5.11 Å². The minimum absolute atomic E-state index is 0.0827. The average Bonchev–Trinajstić information content (AvgIpc) is 3.03. The van der Waals surface area contributed by atoms with E-state index in [9.17, 15) is 5.11 Å². The summed E-state index contributed by atoms with van der Waals surface area (Å²) in [7, 11) is 0. The van der Waals surface area contributed by atoms with Crippen LogP contribution in [0.4, 0.5) is 0 Å². The minimum Gasteiger partial charge on any atom is -0.393 e. The molecule has 0 bridgehead atoms. The third-order valence-corrected chi connectivity index (χ3v) is 10.7. The maximum Gasteiger partial charge on any atom is 0.0577 e. The normalized spacial score (nSPS) is 44.9. The van der Waals surface area contributed by atoms with Gasteiger partial charge in [-0.05, 0) is 125 Å². The predicted octanol–water partition coefficient (Wildman–Crippen LogP) is 7.70. The Bertz CT molecular complexity index is 682. The Morgan fingerprint density at radius 1 is 1.07 bits per heavy atom. The second-order valence-electron chi connectivity index (χ2n) is 12.2. The van der Waals surface area contributed by atoms with Crippen LogP contribution in [0.25, 0.3) is 0 Å². The van der Waals surface area contributed by atoms with Crippen molar-refractivity contribution in [2.45, 2.75) is 112 Å². The summed E-state index contributed by atoms with van der Waals surface area (Å²) < 4.78 is 0. The molecule has 3 fully saturated rings. The van der Waals surface area contributed by atoms with Gasteiger partial charge in [0.25, 0.3) is 0 Å². The highest BCUT2D eigenvalue weighted by atomic mass is 16.3. The van der Waals surface area contributed by atoms with Crippen LogP contribution in [0.2, 0.25) is 0 Å². The van der Waals surface area contributed by atoms with Gasteiger partial charge < -0.3 is 5.11 Å². The van der Waals surface area contributed by atoms with E-state index in [0.29, 0.717) is 10.8 Å². The van der Waals surface area contributed by atoms with Crippen LogP contribution in [0.15, 0.2) is 22.8 Å². The molecule has 7 unspecified atom stereocenters. The van der Waals surface area contributed by atoms with Gasteiger partial charge in [0.2, 0.25) is 0 Å². The number of aliphatic hydroxyl groups excluding tert-OH is 1. The third-order valence-electron chi connectivity index (χ3n) is 10.7. The van der Waals surface area contributed by atoms with Gasteiger partial charge in [0.1, 0.15) is 0 Å². The summed E-state index contributed by atoms with van der Waals surface area (Å²) in [6, 6.07) is 0. The van der Waals surface area contributed by atoms with Gasteiger partial charge in [-0.25, -0.2) is 0 Å². The highest BCUT2D eigenvalue weighted by Gasteiger charge is 2.59. The lowest BCUT2D eigenvalue weighted by Crippen LogP contribution is -2.50. The van der Waals surface area contributed by atoms with Gasteiger partial charge in [0, 0.05) is 0 Å². The van der Waals surface area contributed by atoms with Crippen molar-refractivity contribution in [1.82, 2.24) is 0 Å². The molecule has 0 aromatic rings. The molecule has 3 saturated carbocycles. The second-order valence-corrected chi connectivity index (χ2v) is 12.2. The average molecular weight is 399 g/mol. The molecule has 1 heteroatoms. The minimum atomic E-state index is -0.0827. The van der Waals surface area contributed by atoms with E-state index in [-0.39, 0.29) is 6.10 Å². The van der Waals surface area contributed by atoms with Crippen LogP contribution in [0.3, 0.4) is 0 Å². The number of fused-ring (bicyclic) bond motifs is 5. The van der Waals surface area contributed by atoms with Crippen LogP contribution in [-0.4, -0.2) is 11.2 Å². The number of rotatable bonds is 4. The Balaban J connectivity index is 1.51. The van der Waals surface area contributed by atoms with E-state index in [1.807, 2.05) is 0 Å². The zero-order valence-electron chi connectivity index (χ0n) is 20.1. The van der Waals surface area contributed by atoms with E-state index in [2.05, 4.69) is 47.6 Å². The number of hydrogen-bond acceptors (Lipinski definition) is 1. The monoisotopic (exact) mass is 398 g/mol. The zero-order chi connectivity index (χ0) is 21.0. The van der Waals surface area contributed by atoms with Crippen LogP contribution >= 0.6 is 0 Å². The molecule has 0 aromatic carbocycles. The SMILES string of the molecule is CC(C)=C(C)CCC(C)C1CCC2C3CC=C4C[C@@H](O)CCC4(C)C3CCC12C. The fraction of sp³-hybridized carbons (Fsp3) is 0.857. The molecule has 29 heavy (non-hydrogen) atoms. The molecule has 0 saturated heterocycles. The number of aliphatic hydroxyl groups is 1. The van der Waals surface area contributed by atoms with Crippen LogP contribution in [0.1, 0.15) is 106 Å². The maximum atomic E-state index is 10.2. The van der Waals surface area contributed by atoms with Gasteiger partial charge in [-0.3, -0.25) is 0 Å². The molecular weight excluding hydrogens is 352 g/mol. The Kier molecular flexibility index (Phi) is 5.86. The van der Waals surface area contributed by atoms with Crippen molar-refractivity contribution in [3.05, 3.63) is 22.8 Å². The molecule has 8 atom stereocenters. The molecule has 0 amide bonds. The molecule has 164 valence electrons. The van der Waals surface area contributed by atoms with E-state index in [1.165, 1.54) is 56.9 Å². The van der Waals surface area contributed by atoms with Crippen molar-refractivity contribution in [3.8, 4) is 0 Å². The van der Waals surface area contributed by atoms with Gasteiger partial charge in [0.05, 0.1) is 6.10 Å². The molecule has 0 aliphatic heterocycles. The highest BCUT2D eigenvalue weighted by molar-refractivity contribution is 5.25. The summed E-state index contributed by atoms with van der Waals surface area (Å²) in [5.41, 5.74) is 5.69. The lowest BCUT2D eigenvalue weighted by molar-refractivity contribution is -0.0571. The summed E-state index contributed by atoms with van der Waals surface area (Å²) in [5, 5.41) is 10.2. The topological polar surface area (TPSA) is 20.2 Å². The van der Waals surface area contributed by atoms with Gasteiger partial charge in [-0.1, -0.05) is 43.6 Å². The van der Waals surface area contributed by atoms with Gasteiger partial charge in [-0.2, -0.15) is 0 Å². The summed E-state index contributed by atoms with van der Waals surface area (Å²) in [4.78, 5) is 0. The fourth-order valence-electron chi connectivity index (χ4n) is 8.51.